The van der Waals surface area contributed by atoms with Gasteiger partial charge >= 0.3 is 0 Å². The highest BCUT2D eigenvalue weighted by atomic mass is 32.1. The molecule has 1 saturated carbocycles. The minimum Gasteiger partial charge on any atom is -0.296 e. The van der Waals surface area contributed by atoms with Crippen LogP contribution < -0.4 is 0 Å². The molecule has 17 heavy (non-hydrogen) atoms. The lowest BCUT2D eigenvalue weighted by atomic mass is 10.2. The number of aromatic amines is 1. The molecule has 7 heteroatoms. The molecule has 3 rings (SSSR count). The number of hydrogen-bond acceptors (Lipinski definition) is 5. The summed E-state index contributed by atoms with van der Waals surface area (Å²) >= 11 is 6.68. The number of nitrogens with zero attached hydrogens (tertiary/aromatic N) is 4. The van der Waals surface area contributed by atoms with Gasteiger partial charge in [0, 0.05) is 6.04 Å². The lowest BCUT2D eigenvalue weighted by Gasteiger charge is -2.03. The van der Waals surface area contributed by atoms with E-state index in [1.54, 1.807) is 0 Å². The smallest absolute Gasteiger partial charge is 0.195 e. The van der Waals surface area contributed by atoms with Crippen LogP contribution in [0.2, 0.25) is 0 Å². The van der Waals surface area contributed by atoms with Crippen LogP contribution in [0, 0.1) is 4.77 Å². The van der Waals surface area contributed by atoms with E-state index in [0.29, 0.717) is 10.8 Å². The monoisotopic (exact) mass is 267 g/mol. The molecular formula is C10H13N5S2. The van der Waals surface area contributed by atoms with Crippen molar-refractivity contribution in [1.82, 2.24) is 24.4 Å². The van der Waals surface area contributed by atoms with E-state index in [-0.39, 0.29) is 0 Å². The summed E-state index contributed by atoms with van der Waals surface area (Å²) in [5.74, 6) is 0.913. The SMILES string of the molecule is CCCc1nnsc1-c1n[nH]c(=S)n1C1CC1. The number of nitrogens with one attached hydrogen (secondary N) is 1. The molecule has 0 radical (unpaired) electrons. The molecule has 0 atom stereocenters. The van der Waals surface area contributed by atoms with E-state index in [1.807, 2.05) is 0 Å². The number of H-pyrrole nitrogens is 1. The quantitative estimate of drug-likeness (QED) is 0.865. The van der Waals surface area contributed by atoms with E-state index < -0.39 is 0 Å². The standard InChI is InChI=1S/C10H13N5S2/c1-2-3-7-8(17-14-11-7)9-12-13-10(16)15(9)6-4-5-6/h6H,2-5H2,1H3,(H,13,16). The molecule has 2 aromatic heterocycles. The van der Waals surface area contributed by atoms with E-state index in [9.17, 15) is 0 Å². The Balaban J connectivity index is 2.08. The van der Waals surface area contributed by atoms with E-state index in [4.69, 9.17) is 12.2 Å². The molecule has 1 aliphatic carbocycles. The van der Waals surface area contributed by atoms with Crippen molar-refractivity contribution in [3.63, 3.8) is 0 Å². The van der Waals surface area contributed by atoms with Crippen molar-refractivity contribution in [3.05, 3.63) is 10.5 Å². The van der Waals surface area contributed by atoms with E-state index in [1.165, 1.54) is 24.4 Å². The van der Waals surface area contributed by atoms with Crippen molar-refractivity contribution in [3.8, 4) is 10.7 Å². The maximum Gasteiger partial charge on any atom is 0.195 e. The van der Waals surface area contributed by atoms with Crippen LogP contribution in [0.1, 0.15) is 37.9 Å². The molecule has 0 unspecified atom stereocenters. The molecule has 90 valence electrons. The predicted octanol–water partition coefficient (Wildman–Crippen LogP) is 2.75. The van der Waals surface area contributed by atoms with Crippen molar-refractivity contribution in [1.29, 1.82) is 0 Å². The van der Waals surface area contributed by atoms with Crippen molar-refractivity contribution < 1.29 is 0 Å². The van der Waals surface area contributed by atoms with Gasteiger partial charge in [0.05, 0.1) is 5.69 Å². The number of aryl methyl sites for hydroxylation is 1. The molecule has 0 aromatic carbocycles. The van der Waals surface area contributed by atoms with Crippen LogP contribution in [0.15, 0.2) is 0 Å². The topological polar surface area (TPSA) is 59.4 Å². The van der Waals surface area contributed by atoms with Gasteiger partial charge in [0.1, 0.15) is 4.88 Å². The Bertz CT molecular complexity index is 578. The largest absolute Gasteiger partial charge is 0.296 e. The first-order valence-electron chi connectivity index (χ1n) is 5.79. The molecule has 5 nitrogen and oxygen atoms in total. The van der Waals surface area contributed by atoms with Crippen LogP contribution in [0.5, 0.6) is 0 Å². The summed E-state index contributed by atoms with van der Waals surface area (Å²) in [5.41, 5.74) is 1.04. The van der Waals surface area contributed by atoms with Gasteiger partial charge in [0.15, 0.2) is 10.6 Å². The fraction of sp³-hybridized carbons (Fsp3) is 0.600. The van der Waals surface area contributed by atoms with Crippen LogP contribution in [-0.2, 0) is 6.42 Å². The third-order valence-corrected chi connectivity index (χ3v) is 3.91. The molecule has 1 aliphatic rings. The van der Waals surface area contributed by atoms with Crippen molar-refractivity contribution in [2.45, 2.75) is 38.6 Å². The highest BCUT2D eigenvalue weighted by molar-refractivity contribution is 7.71. The minimum absolute atomic E-state index is 0.521. The summed E-state index contributed by atoms with van der Waals surface area (Å²) in [6.07, 6.45) is 4.38. The fourth-order valence-electron chi connectivity index (χ4n) is 1.92. The molecule has 0 saturated heterocycles. The van der Waals surface area contributed by atoms with Crippen LogP contribution in [-0.4, -0.2) is 24.4 Å². The second kappa shape index (κ2) is 4.30. The van der Waals surface area contributed by atoms with E-state index >= 15 is 0 Å². The molecular weight excluding hydrogens is 254 g/mol. The second-order valence-corrected chi connectivity index (χ2v) is 5.39. The zero-order valence-electron chi connectivity index (χ0n) is 9.51. The summed E-state index contributed by atoms with van der Waals surface area (Å²) < 4.78 is 6.86. The highest BCUT2D eigenvalue weighted by Crippen LogP contribution is 2.39. The average Bonchev–Trinajstić information content (AvgIpc) is 2.93. The first-order chi connectivity index (χ1) is 8.31. The van der Waals surface area contributed by atoms with E-state index in [0.717, 1.165) is 29.2 Å². The van der Waals surface area contributed by atoms with Gasteiger partial charge in [0.2, 0.25) is 0 Å². The Hall–Kier alpha value is -1.08. The van der Waals surface area contributed by atoms with E-state index in [2.05, 4.69) is 31.3 Å². The van der Waals surface area contributed by atoms with Gasteiger partial charge in [0.25, 0.3) is 0 Å². The summed E-state index contributed by atoms with van der Waals surface area (Å²) in [7, 11) is 0. The summed E-state index contributed by atoms with van der Waals surface area (Å²) in [6.45, 7) is 2.14. The van der Waals surface area contributed by atoms with Crippen LogP contribution in [0.3, 0.4) is 0 Å². The Kier molecular flexibility index (Phi) is 2.79. The Morgan fingerprint density at radius 3 is 3.06 bits per heavy atom. The van der Waals surface area contributed by atoms with Gasteiger partial charge in [-0.25, -0.2) is 0 Å². The zero-order chi connectivity index (χ0) is 11.8. The Morgan fingerprint density at radius 1 is 1.53 bits per heavy atom. The van der Waals surface area contributed by atoms with Gasteiger partial charge < -0.3 is 0 Å². The normalized spacial score (nSPS) is 15.4. The Labute approximate surface area is 108 Å². The van der Waals surface area contributed by atoms with Gasteiger partial charge in [-0.05, 0) is 43.0 Å². The highest BCUT2D eigenvalue weighted by Gasteiger charge is 2.29. The average molecular weight is 267 g/mol. The lowest BCUT2D eigenvalue weighted by Crippen LogP contribution is -1.98. The van der Waals surface area contributed by atoms with Gasteiger partial charge in [-0.1, -0.05) is 17.8 Å². The molecule has 1 N–H and O–H groups in total. The van der Waals surface area contributed by atoms with Gasteiger partial charge in [-0.15, -0.1) is 5.10 Å². The van der Waals surface area contributed by atoms with Crippen LogP contribution in [0.25, 0.3) is 10.7 Å². The zero-order valence-corrected chi connectivity index (χ0v) is 11.1. The lowest BCUT2D eigenvalue weighted by molar-refractivity contribution is 0.734. The molecule has 2 heterocycles. The van der Waals surface area contributed by atoms with Gasteiger partial charge in [-0.2, -0.15) is 5.10 Å². The van der Waals surface area contributed by atoms with Crippen molar-refractivity contribution >= 4 is 23.8 Å². The van der Waals surface area contributed by atoms with Crippen molar-refractivity contribution in [2.75, 3.05) is 0 Å². The summed E-state index contributed by atoms with van der Waals surface area (Å²) in [4.78, 5) is 1.06. The molecule has 1 fully saturated rings. The molecule has 0 aliphatic heterocycles. The van der Waals surface area contributed by atoms with Crippen LogP contribution in [0.4, 0.5) is 0 Å². The number of aromatic nitrogens is 5. The second-order valence-electron chi connectivity index (χ2n) is 4.25. The first-order valence-corrected chi connectivity index (χ1v) is 6.98. The maximum atomic E-state index is 5.28. The fourth-order valence-corrected chi connectivity index (χ4v) is 2.89. The summed E-state index contributed by atoms with van der Waals surface area (Å²) in [5, 5.41) is 11.4. The van der Waals surface area contributed by atoms with Crippen molar-refractivity contribution in [2.24, 2.45) is 0 Å². The van der Waals surface area contributed by atoms with Crippen LogP contribution >= 0.6 is 23.8 Å². The molecule has 0 spiro atoms. The molecule has 0 bridgehead atoms. The number of rotatable bonds is 4. The maximum absolute atomic E-state index is 5.28. The Morgan fingerprint density at radius 2 is 2.35 bits per heavy atom. The molecule has 0 amide bonds. The molecule has 2 aromatic rings. The summed E-state index contributed by atoms with van der Waals surface area (Å²) in [6, 6.07) is 0.521. The minimum atomic E-state index is 0.521. The van der Waals surface area contributed by atoms with Gasteiger partial charge in [-0.3, -0.25) is 9.67 Å². The third kappa shape index (κ3) is 1.93. The first kappa shape index (κ1) is 11.0. The number of hydrogen-bond donors (Lipinski definition) is 1. The predicted molar refractivity (Wildman–Crippen MR) is 68.6 cm³/mol. The third-order valence-electron chi connectivity index (χ3n) is 2.86.